The monoisotopic (exact) mass is 250 g/mol. The Hall–Kier alpha value is -1.46. The van der Waals surface area contributed by atoms with Crippen molar-refractivity contribution in [3.05, 3.63) is 39.9 Å². The topological polar surface area (TPSA) is 64.4 Å². The zero-order valence-electron chi connectivity index (χ0n) is 10.5. The molecular weight excluding hydrogens is 232 g/mol. The van der Waals surface area contributed by atoms with E-state index in [4.69, 9.17) is 4.74 Å². The molecule has 18 heavy (non-hydrogen) atoms. The molecule has 0 aromatic heterocycles. The average molecular weight is 250 g/mol. The molecule has 0 aliphatic carbocycles. The van der Waals surface area contributed by atoms with Gasteiger partial charge in [0.05, 0.1) is 11.5 Å². The van der Waals surface area contributed by atoms with Crippen molar-refractivity contribution >= 4 is 5.69 Å². The number of nitro groups is 1. The van der Waals surface area contributed by atoms with Gasteiger partial charge in [-0.25, -0.2) is 0 Å². The molecule has 1 aliphatic rings. The predicted molar refractivity (Wildman–Crippen MR) is 68.4 cm³/mol. The van der Waals surface area contributed by atoms with Gasteiger partial charge in [0, 0.05) is 30.8 Å². The van der Waals surface area contributed by atoms with Crippen molar-refractivity contribution in [2.45, 2.75) is 31.8 Å². The van der Waals surface area contributed by atoms with E-state index in [1.54, 1.807) is 12.1 Å². The second-order valence-electron chi connectivity index (χ2n) is 5.00. The van der Waals surface area contributed by atoms with Gasteiger partial charge in [-0.15, -0.1) is 0 Å². The number of ether oxygens (including phenoxy) is 1. The lowest BCUT2D eigenvalue weighted by molar-refractivity contribution is -0.384. The fraction of sp³-hybridized carbons (Fsp3) is 0.538. The van der Waals surface area contributed by atoms with Crippen LogP contribution in [-0.2, 0) is 11.3 Å². The van der Waals surface area contributed by atoms with Crippen LogP contribution in [0.1, 0.15) is 25.3 Å². The molecule has 1 fully saturated rings. The van der Waals surface area contributed by atoms with Crippen molar-refractivity contribution in [3.8, 4) is 0 Å². The lowest BCUT2D eigenvalue weighted by Crippen LogP contribution is -2.48. The Morgan fingerprint density at radius 1 is 1.56 bits per heavy atom. The van der Waals surface area contributed by atoms with Crippen molar-refractivity contribution in [2.24, 2.45) is 0 Å². The third-order valence-corrected chi connectivity index (χ3v) is 3.28. The summed E-state index contributed by atoms with van der Waals surface area (Å²) in [6.45, 7) is 4.28. The predicted octanol–water partition coefficient (Wildman–Crippen LogP) is 2.25. The molecule has 5 heteroatoms. The summed E-state index contributed by atoms with van der Waals surface area (Å²) in [6.07, 6.45) is 2.13. The van der Waals surface area contributed by atoms with E-state index in [-0.39, 0.29) is 16.1 Å². The van der Waals surface area contributed by atoms with E-state index in [0.717, 1.165) is 25.0 Å². The fourth-order valence-electron chi connectivity index (χ4n) is 2.17. The highest BCUT2D eigenvalue weighted by Crippen LogP contribution is 2.20. The van der Waals surface area contributed by atoms with E-state index in [9.17, 15) is 10.1 Å². The normalized spacial score (nSPS) is 23.8. The summed E-state index contributed by atoms with van der Waals surface area (Å²) in [7, 11) is 0. The maximum absolute atomic E-state index is 10.7. The first-order valence-electron chi connectivity index (χ1n) is 6.15. The van der Waals surface area contributed by atoms with Crippen LogP contribution in [0.2, 0.25) is 0 Å². The Balaban J connectivity index is 1.97. The van der Waals surface area contributed by atoms with Crippen LogP contribution < -0.4 is 5.32 Å². The summed E-state index contributed by atoms with van der Waals surface area (Å²) >= 11 is 0. The lowest BCUT2D eigenvalue weighted by Gasteiger charge is -2.34. The molecule has 1 aromatic rings. The first-order chi connectivity index (χ1) is 8.59. The van der Waals surface area contributed by atoms with Gasteiger partial charge in [0.15, 0.2) is 0 Å². The summed E-state index contributed by atoms with van der Waals surface area (Å²) in [5, 5.41) is 14.1. The third kappa shape index (κ3) is 3.27. The quantitative estimate of drug-likeness (QED) is 0.657. The Bertz CT molecular complexity index is 428. The Morgan fingerprint density at radius 3 is 3.06 bits per heavy atom. The highest BCUT2D eigenvalue weighted by Gasteiger charge is 2.26. The molecule has 98 valence electrons. The summed E-state index contributed by atoms with van der Waals surface area (Å²) in [4.78, 5) is 10.3. The number of hydrogen-bond acceptors (Lipinski definition) is 4. The highest BCUT2D eigenvalue weighted by molar-refractivity contribution is 5.34. The number of nitrogens with zero attached hydrogens (tertiary/aromatic N) is 1. The van der Waals surface area contributed by atoms with E-state index in [0.29, 0.717) is 13.2 Å². The van der Waals surface area contributed by atoms with Gasteiger partial charge in [-0.05, 0) is 25.3 Å². The Kier molecular flexibility index (Phi) is 3.93. The van der Waals surface area contributed by atoms with Gasteiger partial charge in [-0.3, -0.25) is 10.1 Å². The SMILES string of the molecule is CC1(NCc2cccc([N+](=O)[O-])c2)CCCOC1. The van der Waals surface area contributed by atoms with Crippen LogP contribution in [0, 0.1) is 10.1 Å². The summed E-state index contributed by atoms with van der Waals surface area (Å²) < 4.78 is 5.46. The first kappa shape index (κ1) is 13.0. The first-order valence-corrected chi connectivity index (χ1v) is 6.15. The van der Waals surface area contributed by atoms with E-state index in [2.05, 4.69) is 12.2 Å². The Morgan fingerprint density at radius 2 is 2.39 bits per heavy atom. The maximum Gasteiger partial charge on any atom is 0.269 e. The fourth-order valence-corrected chi connectivity index (χ4v) is 2.17. The molecule has 0 bridgehead atoms. The van der Waals surface area contributed by atoms with Crippen LogP contribution in [0.4, 0.5) is 5.69 Å². The van der Waals surface area contributed by atoms with Crippen LogP contribution in [0.3, 0.4) is 0 Å². The number of nitrogens with one attached hydrogen (secondary N) is 1. The second kappa shape index (κ2) is 5.46. The van der Waals surface area contributed by atoms with Gasteiger partial charge in [-0.1, -0.05) is 12.1 Å². The van der Waals surface area contributed by atoms with Gasteiger partial charge in [0.2, 0.25) is 0 Å². The standard InChI is InChI=1S/C13H18N2O3/c1-13(6-3-7-18-10-13)14-9-11-4-2-5-12(8-11)15(16)17/h2,4-5,8,14H,3,6-7,9-10H2,1H3. The smallest absolute Gasteiger partial charge is 0.269 e. The third-order valence-electron chi connectivity index (χ3n) is 3.28. The van der Waals surface area contributed by atoms with Gasteiger partial charge in [0.1, 0.15) is 0 Å². The van der Waals surface area contributed by atoms with Gasteiger partial charge >= 0.3 is 0 Å². The maximum atomic E-state index is 10.7. The van der Waals surface area contributed by atoms with Crippen LogP contribution in [0.5, 0.6) is 0 Å². The minimum atomic E-state index is -0.366. The summed E-state index contributed by atoms with van der Waals surface area (Å²) in [5.41, 5.74) is 1.04. The zero-order valence-corrected chi connectivity index (χ0v) is 10.5. The van der Waals surface area contributed by atoms with Crippen molar-refractivity contribution < 1.29 is 9.66 Å². The minimum absolute atomic E-state index is 0.0249. The summed E-state index contributed by atoms with van der Waals surface area (Å²) in [6, 6.07) is 6.73. The number of rotatable bonds is 4. The van der Waals surface area contributed by atoms with Crippen molar-refractivity contribution in [3.63, 3.8) is 0 Å². The van der Waals surface area contributed by atoms with Gasteiger partial charge in [-0.2, -0.15) is 0 Å². The van der Waals surface area contributed by atoms with Crippen LogP contribution in [0.15, 0.2) is 24.3 Å². The second-order valence-corrected chi connectivity index (χ2v) is 5.00. The van der Waals surface area contributed by atoms with Crippen molar-refractivity contribution in [1.29, 1.82) is 0 Å². The summed E-state index contributed by atoms with van der Waals surface area (Å²) in [5.74, 6) is 0. The number of hydrogen-bond donors (Lipinski definition) is 1. The average Bonchev–Trinajstić information content (AvgIpc) is 2.38. The van der Waals surface area contributed by atoms with E-state index in [1.807, 2.05) is 6.07 Å². The molecule has 1 saturated heterocycles. The van der Waals surface area contributed by atoms with Crippen LogP contribution in [0.25, 0.3) is 0 Å². The molecule has 1 aromatic carbocycles. The van der Waals surface area contributed by atoms with E-state index in [1.165, 1.54) is 6.07 Å². The van der Waals surface area contributed by atoms with Crippen LogP contribution >= 0.6 is 0 Å². The molecule has 1 N–H and O–H groups in total. The molecule has 1 atom stereocenters. The lowest BCUT2D eigenvalue weighted by atomic mass is 9.94. The van der Waals surface area contributed by atoms with E-state index >= 15 is 0 Å². The molecule has 5 nitrogen and oxygen atoms in total. The molecule has 1 unspecified atom stereocenters. The largest absolute Gasteiger partial charge is 0.380 e. The van der Waals surface area contributed by atoms with Gasteiger partial charge in [0.25, 0.3) is 5.69 Å². The van der Waals surface area contributed by atoms with Crippen molar-refractivity contribution in [1.82, 2.24) is 5.32 Å². The molecular formula is C13H18N2O3. The zero-order chi connectivity index (χ0) is 13.0. The molecule has 0 radical (unpaired) electrons. The molecule has 0 spiro atoms. The molecule has 1 heterocycles. The molecule has 1 aliphatic heterocycles. The van der Waals surface area contributed by atoms with E-state index < -0.39 is 0 Å². The highest BCUT2D eigenvalue weighted by atomic mass is 16.6. The molecule has 2 rings (SSSR count). The molecule has 0 amide bonds. The Labute approximate surface area is 106 Å². The number of nitro benzene ring substituents is 1. The van der Waals surface area contributed by atoms with Crippen molar-refractivity contribution in [2.75, 3.05) is 13.2 Å². The minimum Gasteiger partial charge on any atom is -0.380 e. The number of non-ortho nitro benzene ring substituents is 1. The van der Waals surface area contributed by atoms with Gasteiger partial charge < -0.3 is 10.1 Å². The number of benzene rings is 1. The molecule has 0 saturated carbocycles. The van der Waals surface area contributed by atoms with Crippen LogP contribution in [-0.4, -0.2) is 23.7 Å².